The van der Waals surface area contributed by atoms with Gasteiger partial charge in [0, 0.05) is 16.1 Å². The van der Waals surface area contributed by atoms with Crippen molar-refractivity contribution in [1.82, 2.24) is 0 Å². The SMILES string of the molecule is CCOc1ccc(N2C(=O)/C(=C\c3ccccc3OC)N=C2c2ccc(Cl)cc2)cc1. The van der Waals surface area contributed by atoms with E-state index < -0.39 is 0 Å². The largest absolute Gasteiger partial charge is 0.496 e. The minimum atomic E-state index is -0.222. The van der Waals surface area contributed by atoms with Gasteiger partial charge >= 0.3 is 0 Å². The van der Waals surface area contributed by atoms with Crippen molar-refractivity contribution in [2.45, 2.75) is 6.92 Å². The zero-order valence-corrected chi connectivity index (χ0v) is 18.0. The number of anilines is 1. The van der Waals surface area contributed by atoms with Crippen molar-refractivity contribution < 1.29 is 14.3 Å². The van der Waals surface area contributed by atoms with E-state index >= 15 is 0 Å². The summed E-state index contributed by atoms with van der Waals surface area (Å²) in [7, 11) is 1.60. The number of amides is 1. The maximum atomic E-state index is 13.4. The first-order chi connectivity index (χ1) is 15.1. The standard InChI is InChI=1S/C25H21ClN2O3/c1-3-31-21-14-12-20(13-15-21)28-24(17-8-10-19(26)11-9-17)27-22(25(28)29)16-18-6-4-5-7-23(18)30-2/h4-16H,3H2,1-2H3/b22-16+. The summed E-state index contributed by atoms with van der Waals surface area (Å²) in [6.07, 6.45) is 1.74. The lowest BCUT2D eigenvalue weighted by atomic mass is 10.1. The lowest BCUT2D eigenvalue weighted by molar-refractivity contribution is -0.113. The van der Waals surface area contributed by atoms with Crippen LogP contribution in [0, 0.1) is 0 Å². The number of benzene rings is 3. The number of halogens is 1. The fraction of sp³-hybridized carbons (Fsp3) is 0.120. The minimum absolute atomic E-state index is 0.222. The maximum absolute atomic E-state index is 13.4. The van der Waals surface area contributed by atoms with Crippen LogP contribution in [-0.2, 0) is 4.79 Å². The third-order valence-corrected chi connectivity index (χ3v) is 5.05. The van der Waals surface area contributed by atoms with E-state index in [1.165, 1.54) is 0 Å². The zero-order chi connectivity index (χ0) is 21.8. The smallest absolute Gasteiger partial charge is 0.282 e. The molecular weight excluding hydrogens is 412 g/mol. The van der Waals surface area contributed by atoms with E-state index in [1.807, 2.05) is 67.6 Å². The molecule has 0 spiro atoms. The number of amidine groups is 1. The number of hydrogen-bond donors (Lipinski definition) is 0. The Hall–Kier alpha value is -3.57. The van der Waals surface area contributed by atoms with Crippen LogP contribution in [0.4, 0.5) is 5.69 Å². The molecule has 1 amide bonds. The number of carbonyl (C=O) groups is 1. The Kier molecular flexibility index (Phi) is 6.05. The van der Waals surface area contributed by atoms with Crippen LogP contribution in [0.1, 0.15) is 18.1 Å². The average molecular weight is 433 g/mol. The van der Waals surface area contributed by atoms with Crippen molar-refractivity contribution in [3.63, 3.8) is 0 Å². The van der Waals surface area contributed by atoms with Crippen LogP contribution in [0.3, 0.4) is 0 Å². The fourth-order valence-electron chi connectivity index (χ4n) is 3.34. The number of methoxy groups -OCH3 is 1. The Morgan fingerprint density at radius 3 is 2.39 bits per heavy atom. The van der Waals surface area contributed by atoms with Gasteiger partial charge in [0.05, 0.1) is 19.4 Å². The van der Waals surface area contributed by atoms with E-state index in [4.69, 9.17) is 21.1 Å². The van der Waals surface area contributed by atoms with Gasteiger partial charge in [-0.3, -0.25) is 9.69 Å². The molecule has 3 aromatic rings. The molecule has 0 aliphatic carbocycles. The van der Waals surface area contributed by atoms with Crippen molar-refractivity contribution >= 4 is 35.1 Å². The summed E-state index contributed by atoms with van der Waals surface area (Å²) < 4.78 is 10.9. The van der Waals surface area contributed by atoms with E-state index in [0.29, 0.717) is 34.6 Å². The Morgan fingerprint density at radius 2 is 1.71 bits per heavy atom. The number of carbonyl (C=O) groups excluding carboxylic acids is 1. The third-order valence-electron chi connectivity index (χ3n) is 4.80. The highest BCUT2D eigenvalue weighted by molar-refractivity contribution is 6.34. The summed E-state index contributed by atoms with van der Waals surface area (Å²) in [6, 6.07) is 22.1. The lowest BCUT2D eigenvalue weighted by Crippen LogP contribution is -2.32. The van der Waals surface area contributed by atoms with Crippen molar-refractivity contribution in [3.8, 4) is 11.5 Å². The van der Waals surface area contributed by atoms with Gasteiger partial charge in [0.1, 0.15) is 23.0 Å². The van der Waals surface area contributed by atoms with Gasteiger partial charge in [0.25, 0.3) is 5.91 Å². The molecule has 1 heterocycles. The number of nitrogens with zero attached hydrogens (tertiary/aromatic N) is 2. The minimum Gasteiger partial charge on any atom is -0.496 e. The van der Waals surface area contributed by atoms with Crippen molar-refractivity contribution in [2.24, 2.45) is 4.99 Å². The van der Waals surface area contributed by atoms with Crippen LogP contribution in [0.15, 0.2) is 83.5 Å². The Morgan fingerprint density at radius 1 is 1.00 bits per heavy atom. The molecule has 0 bridgehead atoms. The van der Waals surface area contributed by atoms with Crippen LogP contribution in [-0.4, -0.2) is 25.5 Å². The van der Waals surface area contributed by atoms with Crippen LogP contribution < -0.4 is 14.4 Å². The molecule has 6 heteroatoms. The molecule has 0 aromatic heterocycles. The summed E-state index contributed by atoms with van der Waals surface area (Å²) in [5.74, 6) is 1.73. The molecular formula is C25H21ClN2O3. The Balaban J connectivity index is 1.79. The summed E-state index contributed by atoms with van der Waals surface area (Å²) in [6.45, 7) is 2.50. The first-order valence-electron chi connectivity index (χ1n) is 9.87. The second-order valence-electron chi connectivity index (χ2n) is 6.78. The molecule has 0 atom stereocenters. The molecule has 4 rings (SSSR count). The number of hydrogen-bond acceptors (Lipinski definition) is 4. The van der Waals surface area contributed by atoms with E-state index in [0.717, 1.165) is 16.9 Å². The van der Waals surface area contributed by atoms with Gasteiger partial charge in [-0.25, -0.2) is 4.99 Å². The molecule has 0 N–H and O–H groups in total. The molecule has 1 aliphatic heterocycles. The monoisotopic (exact) mass is 432 g/mol. The van der Waals surface area contributed by atoms with Gasteiger partial charge in [0.15, 0.2) is 0 Å². The molecule has 31 heavy (non-hydrogen) atoms. The predicted molar refractivity (Wildman–Crippen MR) is 124 cm³/mol. The average Bonchev–Trinajstić information content (AvgIpc) is 3.11. The second kappa shape index (κ2) is 9.06. The van der Waals surface area contributed by atoms with Crippen LogP contribution in [0.5, 0.6) is 11.5 Å². The topological polar surface area (TPSA) is 51.1 Å². The van der Waals surface area contributed by atoms with Gasteiger partial charge in [-0.2, -0.15) is 0 Å². The van der Waals surface area contributed by atoms with E-state index in [-0.39, 0.29) is 5.91 Å². The van der Waals surface area contributed by atoms with E-state index in [2.05, 4.69) is 4.99 Å². The highest BCUT2D eigenvalue weighted by atomic mass is 35.5. The van der Waals surface area contributed by atoms with Gasteiger partial charge in [0.2, 0.25) is 0 Å². The lowest BCUT2D eigenvalue weighted by Gasteiger charge is -2.19. The van der Waals surface area contributed by atoms with Crippen LogP contribution in [0.25, 0.3) is 6.08 Å². The van der Waals surface area contributed by atoms with Gasteiger partial charge in [-0.1, -0.05) is 29.8 Å². The fourth-order valence-corrected chi connectivity index (χ4v) is 3.47. The van der Waals surface area contributed by atoms with Gasteiger partial charge < -0.3 is 9.47 Å². The number of aliphatic imine (C=N–C) groups is 1. The number of ether oxygens (including phenoxy) is 2. The summed E-state index contributed by atoms with van der Waals surface area (Å²) in [4.78, 5) is 19.7. The number of rotatable bonds is 6. The molecule has 156 valence electrons. The van der Waals surface area contributed by atoms with Gasteiger partial charge in [-0.15, -0.1) is 0 Å². The molecule has 0 saturated carbocycles. The highest BCUT2D eigenvalue weighted by Gasteiger charge is 2.32. The molecule has 3 aromatic carbocycles. The summed E-state index contributed by atoms with van der Waals surface area (Å²) >= 11 is 6.06. The van der Waals surface area contributed by atoms with E-state index in [1.54, 1.807) is 30.2 Å². The first-order valence-corrected chi connectivity index (χ1v) is 10.2. The molecule has 0 fully saturated rings. The molecule has 0 unspecified atom stereocenters. The molecule has 5 nitrogen and oxygen atoms in total. The predicted octanol–water partition coefficient (Wildman–Crippen LogP) is 5.58. The maximum Gasteiger partial charge on any atom is 0.282 e. The Bertz CT molecular complexity index is 1150. The van der Waals surface area contributed by atoms with Crippen molar-refractivity contribution in [2.75, 3.05) is 18.6 Å². The summed E-state index contributed by atoms with van der Waals surface area (Å²) in [5, 5.41) is 0.617. The highest BCUT2D eigenvalue weighted by Crippen LogP contribution is 2.31. The molecule has 0 radical (unpaired) electrons. The number of para-hydroxylation sites is 1. The quantitative estimate of drug-likeness (QED) is 0.477. The Labute approximate surface area is 186 Å². The van der Waals surface area contributed by atoms with Gasteiger partial charge in [-0.05, 0) is 67.6 Å². The van der Waals surface area contributed by atoms with Crippen LogP contribution >= 0.6 is 11.6 Å². The zero-order valence-electron chi connectivity index (χ0n) is 17.2. The van der Waals surface area contributed by atoms with Crippen LogP contribution in [0.2, 0.25) is 5.02 Å². The second-order valence-corrected chi connectivity index (χ2v) is 7.22. The molecule has 1 aliphatic rings. The normalized spacial score (nSPS) is 14.7. The van der Waals surface area contributed by atoms with E-state index in [9.17, 15) is 4.79 Å². The van der Waals surface area contributed by atoms with Crippen molar-refractivity contribution in [1.29, 1.82) is 0 Å². The third kappa shape index (κ3) is 4.32. The molecule has 0 saturated heterocycles. The summed E-state index contributed by atoms with van der Waals surface area (Å²) in [5.41, 5.74) is 2.59. The first kappa shape index (κ1) is 20.7. The van der Waals surface area contributed by atoms with Crippen molar-refractivity contribution in [3.05, 3.63) is 94.6 Å².